The average Bonchev–Trinajstić information content (AvgIpc) is 2.95. The second-order valence-electron chi connectivity index (χ2n) is 4.67. The number of carbonyl (C=O) groups is 1. The van der Waals surface area contributed by atoms with E-state index in [1.54, 1.807) is 17.1 Å². The van der Waals surface area contributed by atoms with Gasteiger partial charge in [-0.05, 0) is 36.7 Å². The molecular formula is C13H18BrN5O. The first-order chi connectivity index (χ1) is 9.49. The molecule has 1 atom stereocenters. The monoisotopic (exact) mass is 339 g/mol. The molecule has 0 radical (unpaired) electrons. The summed E-state index contributed by atoms with van der Waals surface area (Å²) in [4.78, 5) is 12.0. The van der Waals surface area contributed by atoms with Gasteiger partial charge < -0.3 is 5.32 Å². The van der Waals surface area contributed by atoms with Crippen LogP contribution < -0.4 is 5.32 Å². The minimum absolute atomic E-state index is 0.0678. The van der Waals surface area contributed by atoms with Gasteiger partial charge in [0.1, 0.15) is 6.54 Å². The second kappa shape index (κ2) is 6.21. The first-order valence-corrected chi connectivity index (χ1v) is 7.30. The SMILES string of the molecule is CCn1cc(C(C)NC(=O)Cn2cc(Br)cn2)c(C)n1. The van der Waals surface area contributed by atoms with Crippen molar-refractivity contribution in [2.24, 2.45) is 0 Å². The smallest absolute Gasteiger partial charge is 0.242 e. The highest BCUT2D eigenvalue weighted by molar-refractivity contribution is 9.10. The molecule has 2 heterocycles. The van der Waals surface area contributed by atoms with Gasteiger partial charge >= 0.3 is 0 Å². The summed E-state index contributed by atoms with van der Waals surface area (Å²) in [5.41, 5.74) is 1.99. The Hall–Kier alpha value is -1.63. The molecule has 1 unspecified atom stereocenters. The third-order valence-electron chi connectivity index (χ3n) is 3.06. The van der Waals surface area contributed by atoms with Crippen LogP contribution >= 0.6 is 15.9 Å². The lowest BCUT2D eigenvalue weighted by Gasteiger charge is -2.13. The van der Waals surface area contributed by atoms with Crippen molar-refractivity contribution in [1.29, 1.82) is 0 Å². The van der Waals surface area contributed by atoms with Gasteiger partial charge in [-0.2, -0.15) is 10.2 Å². The highest BCUT2D eigenvalue weighted by atomic mass is 79.9. The van der Waals surface area contributed by atoms with Gasteiger partial charge in [0, 0.05) is 24.5 Å². The summed E-state index contributed by atoms with van der Waals surface area (Å²) < 4.78 is 4.32. The topological polar surface area (TPSA) is 64.7 Å². The number of hydrogen-bond donors (Lipinski definition) is 1. The zero-order valence-electron chi connectivity index (χ0n) is 11.8. The number of nitrogens with zero attached hydrogens (tertiary/aromatic N) is 4. The molecule has 0 fully saturated rings. The molecule has 0 saturated carbocycles. The van der Waals surface area contributed by atoms with Crippen LogP contribution in [0.4, 0.5) is 0 Å². The minimum atomic E-state index is -0.0725. The predicted molar refractivity (Wildman–Crippen MR) is 79.1 cm³/mol. The standard InChI is InChI=1S/C13H18BrN5O/c1-4-18-7-12(10(3)17-18)9(2)16-13(20)8-19-6-11(14)5-15-19/h5-7,9H,4,8H2,1-3H3,(H,16,20). The first kappa shape index (κ1) is 14.8. The van der Waals surface area contributed by atoms with E-state index < -0.39 is 0 Å². The van der Waals surface area contributed by atoms with Crippen molar-refractivity contribution < 1.29 is 4.79 Å². The van der Waals surface area contributed by atoms with E-state index in [1.807, 2.05) is 31.6 Å². The summed E-state index contributed by atoms with van der Waals surface area (Å²) in [7, 11) is 0. The number of rotatable bonds is 5. The lowest BCUT2D eigenvalue weighted by molar-refractivity contribution is -0.122. The Kier molecular flexibility index (Phi) is 4.59. The molecule has 2 rings (SSSR count). The predicted octanol–water partition coefficient (Wildman–Crippen LogP) is 2.05. The molecule has 6 nitrogen and oxygen atoms in total. The summed E-state index contributed by atoms with van der Waals surface area (Å²) in [6.45, 7) is 6.98. The number of hydrogen-bond acceptors (Lipinski definition) is 3. The summed E-state index contributed by atoms with van der Waals surface area (Å²) in [6, 6.07) is -0.0678. The van der Waals surface area contributed by atoms with Crippen LogP contribution in [0.15, 0.2) is 23.1 Å². The molecular weight excluding hydrogens is 322 g/mol. The molecule has 0 saturated heterocycles. The number of amides is 1. The van der Waals surface area contributed by atoms with E-state index >= 15 is 0 Å². The summed E-state index contributed by atoms with van der Waals surface area (Å²) >= 11 is 3.30. The van der Waals surface area contributed by atoms with E-state index in [4.69, 9.17) is 0 Å². The van der Waals surface area contributed by atoms with Crippen LogP contribution in [0.5, 0.6) is 0 Å². The number of nitrogens with one attached hydrogen (secondary N) is 1. The fourth-order valence-corrected chi connectivity index (χ4v) is 2.39. The van der Waals surface area contributed by atoms with Gasteiger partial charge in [0.05, 0.1) is 22.4 Å². The van der Waals surface area contributed by atoms with Crippen LogP contribution in [0.2, 0.25) is 0 Å². The van der Waals surface area contributed by atoms with Gasteiger partial charge in [-0.3, -0.25) is 14.2 Å². The van der Waals surface area contributed by atoms with Gasteiger partial charge in [-0.1, -0.05) is 0 Å². The second-order valence-corrected chi connectivity index (χ2v) is 5.59. The fraction of sp³-hybridized carbons (Fsp3) is 0.462. The zero-order valence-corrected chi connectivity index (χ0v) is 13.4. The van der Waals surface area contributed by atoms with Crippen LogP contribution in [0.25, 0.3) is 0 Å². The summed E-state index contributed by atoms with van der Waals surface area (Å²) in [6.07, 6.45) is 5.40. The van der Waals surface area contributed by atoms with Crippen LogP contribution in [-0.4, -0.2) is 25.5 Å². The third-order valence-corrected chi connectivity index (χ3v) is 3.47. The Morgan fingerprint density at radius 1 is 1.45 bits per heavy atom. The van der Waals surface area contributed by atoms with Crippen molar-refractivity contribution >= 4 is 21.8 Å². The highest BCUT2D eigenvalue weighted by Crippen LogP contribution is 2.16. The minimum Gasteiger partial charge on any atom is -0.348 e. The Balaban J connectivity index is 1.98. The highest BCUT2D eigenvalue weighted by Gasteiger charge is 2.15. The van der Waals surface area contributed by atoms with Crippen LogP contribution in [0.1, 0.15) is 31.1 Å². The fourth-order valence-electron chi connectivity index (χ4n) is 2.06. The van der Waals surface area contributed by atoms with Crippen LogP contribution in [0, 0.1) is 6.92 Å². The molecule has 7 heteroatoms. The van der Waals surface area contributed by atoms with Gasteiger partial charge in [0.2, 0.25) is 5.91 Å². The molecule has 0 aliphatic heterocycles. The van der Waals surface area contributed by atoms with Crippen molar-refractivity contribution in [2.75, 3.05) is 0 Å². The lowest BCUT2D eigenvalue weighted by atomic mass is 10.1. The summed E-state index contributed by atoms with van der Waals surface area (Å²) in [5, 5.41) is 11.4. The average molecular weight is 340 g/mol. The molecule has 20 heavy (non-hydrogen) atoms. The van der Waals surface area contributed by atoms with Crippen molar-refractivity contribution in [3.8, 4) is 0 Å². The molecule has 2 aromatic heterocycles. The molecule has 108 valence electrons. The maximum Gasteiger partial charge on any atom is 0.242 e. The van der Waals surface area contributed by atoms with Crippen LogP contribution in [0.3, 0.4) is 0 Å². The van der Waals surface area contributed by atoms with E-state index in [0.29, 0.717) is 0 Å². The quantitative estimate of drug-likeness (QED) is 0.906. The normalized spacial score (nSPS) is 12.4. The van der Waals surface area contributed by atoms with Crippen molar-refractivity contribution in [2.45, 2.75) is 39.9 Å². The maximum atomic E-state index is 12.0. The maximum absolute atomic E-state index is 12.0. The Labute approximate surface area is 126 Å². The third kappa shape index (κ3) is 3.47. The largest absolute Gasteiger partial charge is 0.348 e. The van der Waals surface area contributed by atoms with E-state index in [9.17, 15) is 4.79 Å². The molecule has 2 aromatic rings. The van der Waals surface area contributed by atoms with E-state index in [0.717, 1.165) is 22.3 Å². The number of halogens is 1. The van der Waals surface area contributed by atoms with Gasteiger partial charge in [0.15, 0.2) is 0 Å². The number of aryl methyl sites for hydroxylation is 2. The molecule has 0 aliphatic rings. The molecule has 1 amide bonds. The van der Waals surface area contributed by atoms with Gasteiger partial charge in [-0.15, -0.1) is 0 Å². The molecule has 0 aliphatic carbocycles. The Bertz CT molecular complexity index is 604. The van der Waals surface area contributed by atoms with Crippen molar-refractivity contribution in [3.63, 3.8) is 0 Å². The van der Waals surface area contributed by atoms with E-state index in [-0.39, 0.29) is 18.5 Å². The van der Waals surface area contributed by atoms with E-state index in [2.05, 4.69) is 31.4 Å². The van der Waals surface area contributed by atoms with E-state index in [1.165, 1.54) is 0 Å². The summed E-state index contributed by atoms with van der Waals surface area (Å²) in [5.74, 6) is -0.0725. The van der Waals surface area contributed by atoms with Gasteiger partial charge in [-0.25, -0.2) is 0 Å². The molecule has 1 N–H and O–H groups in total. The van der Waals surface area contributed by atoms with Crippen molar-refractivity contribution in [1.82, 2.24) is 24.9 Å². The number of aromatic nitrogens is 4. The first-order valence-electron chi connectivity index (χ1n) is 6.51. The number of carbonyl (C=O) groups excluding carboxylic acids is 1. The molecule has 0 aromatic carbocycles. The van der Waals surface area contributed by atoms with Crippen molar-refractivity contribution in [3.05, 3.63) is 34.3 Å². The lowest BCUT2D eigenvalue weighted by Crippen LogP contribution is -2.30. The van der Waals surface area contributed by atoms with Gasteiger partial charge in [0.25, 0.3) is 0 Å². The molecule has 0 spiro atoms. The zero-order chi connectivity index (χ0) is 14.7. The molecule has 0 bridgehead atoms. The Morgan fingerprint density at radius 2 is 2.20 bits per heavy atom. The van der Waals surface area contributed by atoms with Crippen LogP contribution in [-0.2, 0) is 17.9 Å². The Morgan fingerprint density at radius 3 is 2.75 bits per heavy atom.